The fraction of sp³-hybridized carbons (Fsp3) is 0.167. The summed E-state index contributed by atoms with van der Waals surface area (Å²) in [5.41, 5.74) is 0.0135. The molecule has 0 spiro atoms. The molecule has 4 heteroatoms. The molecule has 0 unspecified atom stereocenters. The minimum atomic E-state index is -0.598. The second-order valence-corrected chi connectivity index (χ2v) is 1.81. The van der Waals surface area contributed by atoms with Crippen LogP contribution in [0.2, 0.25) is 0 Å². The summed E-state index contributed by atoms with van der Waals surface area (Å²) in [6.45, 7) is 0. The number of carbonyl (C=O) groups is 2. The standard InChI is InChI=1S/C6H4N2O2/c7-3-4-1-2-5(9)8-6(4)10/h1H,2H2,(H,8,9,10). The van der Waals surface area contributed by atoms with Gasteiger partial charge in [-0.1, -0.05) is 6.08 Å². The molecule has 0 aromatic heterocycles. The van der Waals surface area contributed by atoms with E-state index in [1.165, 1.54) is 6.08 Å². The third kappa shape index (κ3) is 1.03. The minimum Gasteiger partial charge on any atom is -0.291 e. The molecule has 1 aliphatic heterocycles. The zero-order valence-electron chi connectivity index (χ0n) is 5.05. The van der Waals surface area contributed by atoms with Gasteiger partial charge in [0.25, 0.3) is 5.91 Å². The van der Waals surface area contributed by atoms with Gasteiger partial charge in [0.05, 0.1) is 0 Å². The first-order chi connectivity index (χ1) is 4.74. The highest BCUT2D eigenvalue weighted by molar-refractivity contribution is 6.09. The van der Waals surface area contributed by atoms with Gasteiger partial charge < -0.3 is 0 Å². The van der Waals surface area contributed by atoms with Crippen molar-refractivity contribution in [1.82, 2.24) is 5.32 Å². The van der Waals surface area contributed by atoms with Gasteiger partial charge in [0, 0.05) is 6.42 Å². The Hall–Kier alpha value is -1.63. The van der Waals surface area contributed by atoms with Crippen molar-refractivity contribution in [3.05, 3.63) is 11.6 Å². The van der Waals surface area contributed by atoms with Crippen molar-refractivity contribution < 1.29 is 9.59 Å². The molecule has 10 heavy (non-hydrogen) atoms. The summed E-state index contributed by atoms with van der Waals surface area (Å²) in [5, 5.41) is 10.3. The third-order valence-electron chi connectivity index (χ3n) is 1.11. The van der Waals surface area contributed by atoms with E-state index in [2.05, 4.69) is 0 Å². The second-order valence-electron chi connectivity index (χ2n) is 1.81. The first-order valence-electron chi connectivity index (χ1n) is 2.68. The maximum absolute atomic E-state index is 10.6. The summed E-state index contributed by atoms with van der Waals surface area (Å²) in [4.78, 5) is 21.1. The molecule has 1 heterocycles. The predicted octanol–water partition coefficient (Wildman–Crippen LogP) is -0.517. The highest BCUT2D eigenvalue weighted by Crippen LogP contribution is 2.00. The largest absolute Gasteiger partial charge is 0.291 e. The molecule has 0 radical (unpaired) electrons. The van der Waals surface area contributed by atoms with E-state index in [4.69, 9.17) is 5.26 Å². The molecule has 2 amide bonds. The molecule has 50 valence electrons. The van der Waals surface area contributed by atoms with Crippen LogP contribution in [0.15, 0.2) is 11.6 Å². The molecule has 0 aliphatic carbocycles. The molecule has 0 saturated carbocycles. The molecular weight excluding hydrogens is 132 g/mol. The lowest BCUT2D eigenvalue weighted by Gasteiger charge is -2.05. The zero-order chi connectivity index (χ0) is 7.56. The lowest BCUT2D eigenvalue weighted by Crippen LogP contribution is -2.34. The second kappa shape index (κ2) is 2.31. The molecule has 0 atom stereocenters. The van der Waals surface area contributed by atoms with Gasteiger partial charge in [0.15, 0.2) is 0 Å². The van der Waals surface area contributed by atoms with E-state index >= 15 is 0 Å². The van der Waals surface area contributed by atoms with Crippen molar-refractivity contribution in [1.29, 1.82) is 5.26 Å². The topological polar surface area (TPSA) is 70.0 Å². The van der Waals surface area contributed by atoms with Crippen molar-refractivity contribution >= 4 is 11.8 Å². The summed E-state index contributed by atoms with van der Waals surface area (Å²) in [5.74, 6) is -0.956. The van der Waals surface area contributed by atoms with Crippen LogP contribution in [0.25, 0.3) is 0 Å². The Balaban J connectivity index is 2.88. The number of nitrogens with zero attached hydrogens (tertiary/aromatic N) is 1. The molecule has 0 aromatic carbocycles. The monoisotopic (exact) mass is 136 g/mol. The SMILES string of the molecule is N#CC1=CCC(=O)NC1=O. The van der Waals surface area contributed by atoms with Gasteiger partial charge in [-0.05, 0) is 0 Å². The zero-order valence-corrected chi connectivity index (χ0v) is 5.05. The Morgan fingerprint density at radius 2 is 2.30 bits per heavy atom. The molecule has 1 N–H and O–H groups in total. The number of nitrogens with one attached hydrogen (secondary N) is 1. The Morgan fingerprint density at radius 3 is 2.80 bits per heavy atom. The first kappa shape index (κ1) is 6.49. The average molecular weight is 136 g/mol. The summed E-state index contributed by atoms with van der Waals surface area (Å²) >= 11 is 0. The van der Waals surface area contributed by atoms with E-state index in [1.54, 1.807) is 6.07 Å². The normalized spacial score (nSPS) is 17.3. The van der Waals surface area contributed by atoms with Crippen molar-refractivity contribution in [3.8, 4) is 6.07 Å². The van der Waals surface area contributed by atoms with Crippen molar-refractivity contribution in [2.75, 3.05) is 0 Å². The fourth-order valence-corrected chi connectivity index (χ4v) is 0.629. The molecule has 1 aliphatic rings. The number of hydrogen-bond donors (Lipinski definition) is 1. The van der Waals surface area contributed by atoms with Crippen LogP contribution in [0.4, 0.5) is 0 Å². The molecule has 4 nitrogen and oxygen atoms in total. The Bertz CT molecular complexity index is 259. The molecular formula is C6H4N2O2. The number of imide groups is 1. The van der Waals surface area contributed by atoms with Gasteiger partial charge in [-0.3, -0.25) is 14.9 Å². The van der Waals surface area contributed by atoms with Crippen LogP contribution in [-0.4, -0.2) is 11.8 Å². The highest BCUT2D eigenvalue weighted by atomic mass is 16.2. The highest BCUT2D eigenvalue weighted by Gasteiger charge is 2.16. The minimum absolute atomic E-state index is 0.0135. The van der Waals surface area contributed by atoms with Crippen LogP contribution in [0.3, 0.4) is 0 Å². The van der Waals surface area contributed by atoms with Crippen LogP contribution in [0, 0.1) is 11.3 Å². The predicted molar refractivity (Wildman–Crippen MR) is 31.5 cm³/mol. The van der Waals surface area contributed by atoms with Gasteiger partial charge in [-0.15, -0.1) is 0 Å². The van der Waals surface area contributed by atoms with E-state index in [0.29, 0.717) is 0 Å². The van der Waals surface area contributed by atoms with Crippen molar-refractivity contribution in [2.45, 2.75) is 6.42 Å². The summed E-state index contributed by atoms with van der Waals surface area (Å²) in [6, 6.07) is 1.67. The van der Waals surface area contributed by atoms with Crippen molar-refractivity contribution in [2.24, 2.45) is 0 Å². The van der Waals surface area contributed by atoms with Crippen LogP contribution < -0.4 is 5.32 Å². The summed E-state index contributed by atoms with van der Waals surface area (Å²) in [6.07, 6.45) is 1.44. The molecule has 0 aromatic rings. The Morgan fingerprint density at radius 1 is 1.60 bits per heavy atom. The van der Waals surface area contributed by atoms with E-state index in [1.807, 2.05) is 5.32 Å². The summed E-state index contributed by atoms with van der Waals surface area (Å²) in [7, 11) is 0. The number of nitriles is 1. The van der Waals surface area contributed by atoms with Crippen LogP contribution >= 0.6 is 0 Å². The van der Waals surface area contributed by atoms with Crippen LogP contribution in [0.1, 0.15) is 6.42 Å². The van der Waals surface area contributed by atoms with Gasteiger partial charge in [-0.2, -0.15) is 5.26 Å². The Labute approximate surface area is 57.1 Å². The maximum Gasteiger partial charge on any atom is 0.268 e. The number of carbonyl (C=O) groups excluding carboxylic acids is 2. The summed E-state index contributed by atoms with van der Waals surface area (Å²) < 4.78 is 0. The molecule has 0 saturated heterocycles. The van der Waals surface area contributed by atoms with Crippen LogP contribution in [0.5, 0.6) is 0 Å². The third-order valence-corrected chi connectivity index (χ3v) is 1.11. The number of hydrogen-bond acceptors (Lipinski definition) is 3. The smallest absolute Gasteiger partial charge is 0.268 e. The lowest BCUT2D eigenvalue weighted by atomic mass is 10.1. The van der Waals surface area contributed by atoms with Gasteiger partial charge in [0.2, 0.25) is 5.91 Å². The lowest BCUT2D eigenvalue weighted by molar-refractivity contribution is -0.128. The van der Waals surface area contributed by atoms with Crippen LogP contribution in [-0.2, 0) is 9.59 Å². The maximum atomic E-state index is 10.6. The van der Waals surface area contributed by atoms with E-state index in [9.17, 15) is 9.59 Å². The van der Waals surface area contributed by atoms with Crippen molar-refractivity contribution in [3.63, 3.8) is 0 Å². The molecule has 0 bridgehead atoms. The van der Waals surface area contributed by atoms with Gasteiger partial charge in [0.1, 0.15) is 11.6 Å². The first-order valence-corrected chi connectivity index (χ1v) is 2.68. The molecule has 1 rings (SSSR count). The van der Waals surface area contributed by atoms with E-state index < -0.39 is 5.91 Å². The van der Waals surface area contributed by atoms with E-state index in [0.717, 1.165) is 0 Å². The van der Waals surface area contributed by atoms with Gasteiger partial charge in [-0.25, -0.2) is 0 Å². The molecule has 0 fully saturated rings. The Kier molecular flexibility index (Phi) is 1.50. The van der Waals surface area contributed by atoms with E-state index in [-0.39, 0.29) is 17.9 Å². The fourth-order valence-electron chi connectivity index (χ4n) is 0.629. The quantitative estimate of drug-likeness (QED) is 0.455. The number of amides is 2. The van der Waals surface area contributed by atoms with Gasteiger partial charge >= 0.3 is 0 Å². The number of rotatable bonds is 0. The average Bonchev–Trinajstić information content (AvgIpc) is 1.88.